The molecule has 2 aliphatic rings. The maximum absolute atomic E-state index is 13.0. The van der Waals surface area contributed by atoms with Crippen LogP contribution < -0.4 is 5.32 Å². The lowest BCUT2D eigenvalue weighted by Crippen LogP contribution is -2.27. The molecular formula is C36H38N8O5. The zero-order valence-electron chi connectivity index (χ0n) is 28.1. The Kier molecular flexibility index (Phi) is 9.00. The molecule has 0 radical (unpaired) electrons. The van der Waals surface area contributed by atoms with Crippen LogP contribution in [0.5, 0.6) is 0 Å². The molecule has 6 rings (SSSR count). The molecule has 4 aromatic rings. The fourth-order valence-corrected chi connectivity index (χ4v) is 6.39. The molecule has 13 nitrogen and oxygen atoms in total. The molecule has 2 aliphatic heterocycles. The number of carbonyl (C=O) groups excluding carboxylic acids is 1. The fourth-order valence-electron chi connectivity index (χ4n) is 6.39. The second kappa shape index (κ2) is 13.3. The van der Waals surface area contributed by atoms with Crippen LogP contribution in [0.25, 0.3) is 44.9 Å². The van der Waals surface area contributed by atoms with E-state index < -0.39 is 10.9 Å². The molecule has 0 saturated carbocycles. The van der Waals surface area contributed by atoms with Crippen molar-refractivity contribution < 1.29 is 19.6 Å². The number of nitrogens with zero attached hydrogens (tertiary/aromatic N) is 5. The van der Waals surface area contributed by atoms with Crippen LogP contribution in [-0.4, -0.2) is 57.9 Å². The Morgan fingerprint density at radius 3 is 2.47 bits per heavy atom. The first kappa shape index (κ1) is 33.1. The maximum atomic E-state index is 13.0. The number of hydrogen-bond acceptors (Lipinski definition) is 7. The number of nitro groups is 1. The summed E-state index contributed by atoms with van der Waals surface area (Å²) in [6, 6.07) is 10.0. The fraction of sp³-hybridized carbons (Fsp3) is 0.306. The normalized spacial score (nSPS) is 12.7. The molecule has 6 heterocycles. The second-order valence-corrected chi connectivity index (χ2v) is 12.5. The van der Waals surface area contributed by atoms with Crippen LogP contribution in [0.4, 0.5) is 5.82 Å². The number of carboxylic acids is 1. The third kappa shape index (κ3) is 6.91. The monoisotopic (exact) mass is 662 g/mol. The van der Waals surface area contributed by atoms with Crippen LogP contribution in [-0.2, 0) is 22.6 Å². The van der Waals surface area contributed by atoms with Crippen molar-refractivity contribution >= 4 is 62.6 Å². The van der Waals surface area contributed by atoms with E-state index in [4.69, 9.17) is 9.97 Å². The molecule has 49 heavy (non-hydrogen) atoms. The first-order chi connectivity index (χ1) is 23.4. The summed E-state index contributed by atoms with van der Waals surface area (Å²) in [5.74, 6) is -0.692. The lowest BCUT2D eigenvalue weighted by atomic mass is 10.00. The highest BCUT2D eigenvalue weighted by atomic mass is 16.6. The first-order valence-electron chi connectivity index (χ1n) is 16.1. The molecule has 0 saturated heterocycles. The van der Waals surface area contributed by atoms with Crippen LogP contribution in [0.15, 0.2) is 36.5 Å². The highest BCUT2D eigenvalue weighted by molar-refractivity contribution is 5.94. The van der Waals surface area contributed by atoms with Gasteiger partial charge in [-0.3, -0.25) is 9.59 Å². The number of imidazole rings is 1. The lowest BCUT2D eigenvalue weighted by molar-refractivity contribution is -0.392. The topological polar surface area (TPSA) is 185 Å². The van der Waals surface area contributed by atoms with E-state index >= 15 is 0 Å². The van der Waals surface area contributed by atoms with Gasteiger partial charge in [0.1, 0.15) is 12.7 Å². The molecule has 4 aromatic heterocycles. The SMILES string of the molecule is CC1=Cc2cc3[nH]c(cc3C)cc3[nH]c(cc4nc(cc1n2)C(C)=C4CCC(=O)NCCn1c([N+](=O)[O-])cnc1C)c(CCC(=O)O)c3C. The van der Waals surface area contributed by atoms with Gasteiger partial charge in [0, 0.05) is 41.8 Å². The van der Waals surface area contributed by atoms with Gasteiger partial charge in [-0.25, -0.2) is 19.5 Å². The van der Waals surface area contributed by atoms with Crippen molar-refractivity contribution in [2.45, 2.75) is 66.8 Å². The van der Waals surface area contributed by atoms with Crippen molar-refractivity contribution in [3.63, 3.8) is 0 Å². The largest absolute Gasteiger partial charge is 0.481 e. The molecule has 4 N–H and O–H groups in total. The molecule has 252 valence electrons. The molecule has 0 unspecified atom stereocenters. The number of aliphatic carboxylic acids is 1. The predicted molar refractivity (Wildman–Crippen MR) is 188 cm³/mol. The van der Waals surface area contributed by atoms with Crippen molar-refractivity contribution in [3.05, 3.63) is 91.9 Å². The Bertz CT molecular complexity index is 2250. The van der Waals surface area contributed by atoms with Crippen LogP contribution in [0, 0.1) is 30.9 Å². The van der Waals surface area contributed by atoms with Gasteiger partial charge in [0.25, 0.3) is 0 Å². The summed E-state index contributed by atoms with van der Waals surface area (Å²) in [6.07, 6.45) is 4.14. The quantitative estimate of drug-likeness (QED) is 0.110. The first-order valence-corrected chi connectivity index (χ1v) is 16.1. The lowest BCUT2D eigenvalue weighted by Gasteiger charge is -2.07. The van der Waals surface area contributed by atoms with Gasteiger partial charge in [0.05, 0.1) is 29.3 Å². The van der Waals surface area contributed by atoms with Crippen LogP contribution in [0.3, 0.4) is 0 Å². The maximum Gasteiger partial charge on any atom is 0.342 e. The zero-order chi connectivity index (χ0) is 35.0. The van der Waals surface area contributed by atoms with E-state index in [9.17, 15) is 24.8 Å². The number of H-pyrrole nitrogens is 2. The van der Waals surface area contributed by atoms with Gasteiger partial charge in [-0.05, 0) is 115 Å². The number of nitrogens with one attached hydrogen (secondary N) is 3. The summed E-state index contributed by atoms with van der Waals surface area (Å²) in [7, 11) is 0. The van der Waals surface area contributed by atoms with E-state index in [0.717, 1.165) is 72.6 Å². The van der Waals surface area contributed by atoms with E-state index in [1.165, 1.54) is 10.8 Å². The summed E-state index contributed by atoms with van der Waals surface area (Å²) in [5.41, 5.74) is 12.3. The average molecular weight is 663 g/mol. The van der Waals surface area contributed by atoms with Crippen molar-refractivity contribution in [1.82, 2.24) is 34.8 Å². The van der Waals surface area contributed by atoms with Crippen molar-refractivity contribution in [3.8, 4) is 0 Å². The molecule has 0 aromatic carbocycles. The number of amides is 1. The minimum Gasteiger partial charge on any atom is -0.481 e. The number of carbonyl (C=O) groups is 2. The molecule has 13 heteroatoms. The number of rotatable bonds is 10. The van der Waals surface area contributed by atoms with Gasteiger partial charge in [0.15, 0.2) is 5.82 Å². The smallest absolute Gasteiger partial charge is 0.342 e. The number of carboxylic acid groups (broad SMARTS) is 1. The van der Waals surface area contributed by atoms with E-state index in [-0.39, 0.29) is 37.7 Å². The third-order valence-electron chi connectivity index (χ3n) is 9.15. The number of allylic oxidation sites excluding steroid dienone is 3. The summed E-state index contributed by atoms with van der Waals surface area (Å²) in [4.78, 5) is 56.4. The van der Waals surface area contributed by atoms with Crippen molar-refractivity contribution in [2.24, 2.45) is 0 Å². The average Bonchev–Trinajstić information content (AvgIpc) is 3.81. The predicted octanol–water partition coefficient (Wildman–Crippen LogP) is 6.45. The highest BCUT2D eigenvalue weighted by Crippen LogP contribution is 2.35. The molecule has 8 bridgehead atoms. The molecule has 0 fully saturated rings. The summed E-state index contributed by atoms with van der Waals surface area (Å²) in [6.45, 7) is 10.1. The third-order valence-corrected chi connectivity index (χ3v) is 9.15. The summed E-state index contributed by atoms with van der Waals surface area (Å²) >= 11 is 0. The minimum atomic E-state index is -0.879. The Hall–Kier alpha value is -5.85. The molecule has 1 amide bonds. The standard InChI is InChI=1S/C36H38N8O5/c1-19-12-25-15-30-21(3)27(7-9-36(46)47)33(41-30)17-32-26(6-8-34(45)37-10-11-43-23(5)38-18-35(43)44(48)49)22(4)31(42-32)16-29-20(2)13-24(40-29)14-28(19)39-25/h12-18,39,41H,6-11H2,1-5H3,(H,37,45)(H,46,47). The Morgan fingerprint density at radius 1 is 0.918 bits per heavy atom. The second-order valence-electron chi connectivity index (χ2n) is 12.5. The Morgan fingerprint density at radius 2 is 1.71 bits per heavy atom. The van der Waals surface area contributed by atoms with Crippen molar-refractivity contribution in [1.29, 1.82) is 0 Å². The summed E-state index contributed by atoms with van der Waals surface area (Å²) in [5, 5.41) is 23.7. The molecule has 0 spiro atoms. The van der Waals surface area contributed by atoms with Gasteiger partial charge in [-0.1, -0.05) is 0 Å². The van der Waals surface area contributed by atoms with E-state index in [0.29, 0.717) is 24.4 Å². The number of fused-ring (bicyclic) bond motifs is 8. The minimum absolute atomic E-state index is 0.0228. The van der Waals surface area contributed by atoms with Gasteiger partial charge < -0.3 is 30.5 Å². The van der Waals surface area contributed by atoms with Gasteiger partial charge >= 0.3 is 11.8 Å². The van der Waals surface area contributed by atoms with Gasteiger partial charge in [-0.2, -0.15) is 0 Å². The van der Waals surface area contributed by atoms with Gasteiger partial charge in [-0.15, -0.1) is 0 Å². The zero-order valence-corrected chi connectivity index (χ0v) is 28.1. The number of aromatic nitrogens is 6. The number of hydrogen-bond donors (Lipinski definition) is 4. The summed E-state index contributed by atoms with van der Waals surface area (Å²) < 4.78 is 1.46. The van der Waals surface area contributed by atoms with E-state index in [1.54, 1.807) is 6.92 Å². The van der Waals surface area contributed by atoms with E-state index in [2.05, 4.69) is 26.3 Å². The molecule has 0 aliphatic carbocycles. The van der Waals surface area contributed by atoms with Crippen molar-refractivity contribution in [2.75, 3.05) is 6.54 Å². The molecular weight excluding hydrogens is 624 g/mol. The van der Waals surface area contributed by atoms with Crippen LogP contribution >= 0.6 is 0 Å². The van der Waals surface area contributed by atoms with E-state index in [1.807, 2.05) is 58.0 Å². The van der Waals surface area contributed by atoms with Crippen LogP contribution in [0.2, 0.25) is 0 Å². The number of aryl methyl sites for hydroxylation is 4. The highest BCUT2D eigenvalue weighted by Gasteiger charge is 2.21. The van der Waals surface area contributed by atoms with Gasteiger partial charge in [0.2, 0.25) is 5.91 Å². The Balaban J connectivity index is 1.40. The molecule has 0 atom stereocenters. The Labute approximate surface area is 282 Å². The number of aromatic amines is 2. The van der Waals surface area contributed by atoms with Crippen LogP contribution in [0.1, 0.15) is 78.4 Å².